The number of piperidine rings is 1. The number of hydrogen-bond acceptors (Lipinski definition) is 6. The lowest BCUT2D eigenvalue weighted by Gasteiger charge is -2.41. The molecule has 1 saturated heterocycles. The van der Waals surface area contributed by atoms with Gasteiger partial charge in [0.15, 0.2) is 0 Å². The van der Waals surface area contributed by atoms with E-state index in [1.54, 1.807) is 18.0 Å². The quantitative estimate of drug-likeness (QED) is 0.460. The molecule has 6 nitrogen and oxygen atoms in total. The average Bonchev–Trinajstić information content (AvgIpc) is 2.78. The fraction of sp³-hybridized carbons (Fsp3) is 0.708. The molecule has 1 heterocycles. The predicted octanol–water partition coefficient (Wildman–Crippen LogP) is 4.46. The molecule has 1 amide bonds. The number of benzene rings is 1. The minimum absolute atomic E-state index is 0.0366. The van der Waals surface area contributed by atoms with E-state index in [1.165, 1.54) is 12.1 Å². The molecule has 3 rings (SSSR count). The molecule has 1 saturated carbocycles. The number of amides is 1. The van der Waals surface area contributed by atoms with Crippen LogP contribution in [0.5, 0.6) is 5.75 Å². The Morgan fingerprint density at radius 1 is 1.21 bits per heavy atom. The lowest BCUT2D eigenvalue weighted by atomic mass is 9.82. The number of nitrogens with zero attached hydrogens (tertiary/aromatic N) is 1. The maximum atomic E-state index is 12.5. The first-order valence-corrected chi connectivity index (χ1v) is 13.3. The summed E-state index contributed by atoms with van der Waals surface area (Å²) in [4.78, 5) is 14.4. The molecule has 0 spiro atoms. The van der Waals surface area contributed by atoms with Crippen molar-refractivity contribution in [2.24, 2.45) is 0 Å². The maximum absolute atomic E-state index is 12.5. The summed E-state index contributed by atoms with van der Waals surface area (Å²) in [5.74, 6) is 0.0706. The molecule has 1 aliphatic carbocycles. The van der Waals surface area contributed by atoms with Gasteiger partial charge in [0.25, 0.3) is 0 Å². The Morgan fingerprint density at radius 2 is 1.97 bits per heavy atom. The van der Waals surface area contributed by atoms with Crippen LogP contribution in [0.4, 0.5) is 13.2 Å². The van der Waals surface area contributed by atoms with Crippen molar-refractivity contribution in [3.05, 3.63) is 29.8 Å². The molecule has 2 atom stereocenters. The van der Waals surface area contributed by atoms with Crippen LogP contribution in [0.25, 0.3) is 0 Å². The number of alkyl halides is 3. The normalized spacial score (nSPS) is 26.3. The summed E-state index contributed by atoms with van der Waals surface area (Å²) in [6.07, 6.45) is 2.97. The van der Waals surface area contributed by atoms with Crippen LogP contribution in [0.3, 0.4) is 0 Å². The summed E-state index contributed by atoms with van der Waals surface area (Å²) in [6, 6.07) is 6.70. The lowest BCUT2D eigenvalue weighted by Crippen LogP contribution is -2.57. The van der Waals surface area contributed by atoms with E-state index in [4.69, 9.17) is 4.74 Å². The smallest absolute Gasteiger partial charge is 0.406 e. The van der Waals surface area contributed by atoms with E-state index < -0.39 is 6.36 Å². The van der Waals surface area contributed by atoms with E-state index in [1.807, 2.05) is 19.2 Å². The molecular weight excluding hydrogens is 467 g/mol. The number of carbonyl (C=O) groups excluding carboxylic acids is 1. The molecule has 0 bridgehead atoms. The highest BCUT2D eigenvalue weighted by Crippen LogP contribution is 2.36. The number of hydrogen-bond donors (Lipinski definition) is 2. The highest BCUT2D eigenvalue weighted by molar-refractivity contribution is 7.96. The summed E-state index contributed by atoms with van der Waals surface area (Å²) in [7, 11) is 0. The van der Waals surface area contributed by atoms with Crippen LogP contribution in [-0.2, 0) is 9.53 Å². The van der Waals surface area contributed by atoms with Gasteiger partial charge in [0.1, 0.15) is 5.75 Å². The van der Waals surface area contributed by atoms with Gasteiger partial charge >= 0.3 is 6.36 Å². The molecule has 1 unspecified atom stereocenters. The lowest BCUT2D eigenvalue weighted by molar-refractivity contribution is -0.274. The second-order valence-electron chi connectivity index (χ2n) is 8.99. The second-order valence-corrected chi connectivity index (χ2v) is 9.63. The number of halogens is 3. The van der Waals surface area contributed by atoms with Crippen molar-refractivity contribution in [3.8, 4) is 5.75 Å². The third-order valence-electron chi connectivity index (χ3n) is 6.62. The number of likely N-dealkylation sites (tertiary alicyclic amines) is 1. The molecule has 192 valence electrons. The predicted molar refractivity (Wildman–Crippen MR) is 128 cm³/mol. The number of ether oxygens (including phenoxy) is 2. The van der Waals surface area contributed by atoms with Crippen molar-refractivity contribution < 1.29 is 27.4 Å². The summed E-state index contributed by atoms with van der Waals surface area (Å²) in [6.45, 7) is 4.34. The van der Waals surface area contributed by atoms with Crippen LogP contribution in [-0.4, -0.2) is 67.9 Å². The topological polar surface area (TPSA) is 62.8 Å². The van der Waals surface area contributed by atoms with Gasteiger partial charge in [-0.05, 0) is 81.9 Å². The molecule has 2 N–H and O–H groups in total. The van der Waals surface area contributed by atoms with E-state index in [2.05, 4.69) is 19.7 Å². The Morgan fingerprint density at radius 3 is 2.65 bits per heavy atom. The summed E-state index contributed by atoms with van der Waals surface area (Å²) in [5.41, 5.74) is 0.879. The van der Waals surface area contributed by atoms with Crippen molar-refractivity contribution in [2.45, 2.75) is 75.9 Å². The summed E-state index contributed by atoms with van der Waals surface area (Å²) >= 11 is 1.59. The van der Waals surface area contributed by atoms with Gasteiger partial charge in [-0.25, -0.2) is 0 Å². The maximum Gasteiger partial charge on any atom is 0.573 e. The van der Waals surface area contributed by atoms with Crippen molar-refractivity contribution in [3.63, 3.8) is 0 Å². The minimum Gasteiger partial charge on any atom is -0.406 e. The minimum atomic E-state index is -4.68. The third-order valence-corrected chi connectivity index (χ3v) is 7.16. The van der Waals surface area contributed by atoms with E-state index in [9.17, 15) is 18.0 Å². The van der Waals surface area contributed by atoms with Gasteiger partial charge in [0.05, 0.1) is 19.3 Å². The van der Waals surface area contributed by atoms with E-state index in [0.717, 1.165) is 50.6 Å². The van der Waals surface area contributed by atoms with Crippen LogP contribution in [0, 0.1) is 0 Å². The summed E-state index contributed by atoms with van der Waals surface area (Å²) < 4.78 is 51.5. The molecule has 2 aliphatic rings. The average molecular weight is 504 g/mol. The molecular formula is C24H36F3N3O3S. The van der Waals surface area contributed by atoms with Gasteiger partial charge in [0.2, 0.25) is 5.91 Å². The first-order chi connectivity index (χ1) is 16.3. The zero-order chi connectivity index (χ0) is 24.6. The first-order valence-electron chi connectivity index (χ1n) is 12.1. The SMILES string of the molecule is CCNC(=O)CN1CCCC(NSC)[C@@H]1CO[C@H]1CC[C@@H](c2cccc(OC(F)(F)F)c2)CC1. The fourth-order valence-electron chi connectivity index (χ4n) is 5.03. The van der Waals surface area contributed by atoms with Crippen LogP contribution in [0.15, 0.2) is 24.3 Å². The Kier molecular flexibility index (Phi) is 10.4. The largest absolute Gasteiger partial charge is 0.573 e. The zero-order valence-corrected chi connectivity index (χ0v) is 20.7. The molecule has 10 heteroatoms. The first kappa shape index (κ1) is 27.1. The van der Waals surface area contributed by atoms with Gasteiger partial charge in [-0.3, -0.25) is 14.4 Å². The standard InChI is InChI=1S/C24H36F3N3O3S/c1-3-28-23(31)15-30-13-5-8-21(29-34-2)22(30)16-32-19-11-9-17(10-12-19)18-6-4-7-20(14-18)33-24(25,26)27/h4,6-7,14,17,19,21-22,29H,3,5,8-13,15-16H2,1-2H3,(H,28,31)/t17-,19+,21?,22-/m0/s1. The van der Waals surface area contributed by atoms with Crippen LogP contribution in [0.2, 0.25) is 0 Å². The Hall–Kier alpha value is -1.49. The van der Waals surface area contributed by atoms with Gasteiger partial charge in [0, 0.05) is 18.6 Å². The van der Waals surface area contributed by atoms with Crippen LogP contribution >= 0.6 is 11.9 Å². The van der Waals surface area contributed by atoms with Crippen molar-refractivity contribution >= 4 is 17.9 Å². The van der Waals surface area contributed by atoms with Gasteiger partial charge in [-0.2, -0.15) is 0 Å². The highest BCUT2D eigenvalue weighted by Gasteiger charge is 2.34. The molecule has 0 radical (unpaired) electrons. The highest BCUT2D eigenvalue weighted by atomic mass is 32.2. The monoisotopic (exact) mass is 503 g/mol. The molecule has 34 heavy (non-hydrogen) atoms. The van der Waals surface area contributed by atoms with Gasteiger partial charge < -0.3 is 14.8 Å². The Balaban J connectivity index is 1.53. The van der Waals surface area contributed by atoms with E-state index in [0.29, 0.717) is 19.7 Å². The van der Waals surface area contributed by atoms with E-state index >= 15 is 0 Å². The summed E-state index contributed by atoms with van der Waals surface area (Å²) in [5, 5.41) is 2.88. The third kappa shape index (κ3) is 8.32. The van der Waals surface area contributed by atoms with Crippen LogP contribution in [0.1, 0.15) is 56.9 Å². The van der Waals surface area contributed by atoms with Crippen molar-refractivity contribution in [1.29, 1.82) is 0 Å². The number of likely N-dealkylation sites (N-methyl/N-ethyl adjacent to an activating group) is 1. The number of nitrogens with one attached hydrogen (secondary N) is 2. The molecule has 1 aromatic carbocycles. The molecule has 1 aliphatic heterocycles. The zero-order valence-electron chi connectivity index (χ0n) is 19.9. The van der Waals surface area contributed by atoms with Gasteiger partial charge in [-0.1, -0.05) is 24.1 Å². The van der Waals surface area contributed by atoms with Crippen molar-refractivity contribution in [2.75, 3.05) is 32.5 Å². The van der Waals surface area contributed by atoms with E-state index in [-0.39, 0.29) is 35.8 Å². The number of carbonyl (C=O) groups is 1. The number of rotatable bonds is 10. The fourth-order valence-corrected chi connectivity index (χ4v) is 5.61. The Labute approximate surface area is 204 Å². The molecule has 2 fully saturated rings. The van der Waals surface area contributed by atoms with Crippen LogP contribution < -0.4 is 14.8 Å². The molecule has 1 aromatic rings. The van der Waals surface area contributed by atoms with Gasteiger partial charge in [-0.15, -0.1) is 13.2 Å². The second kappa shape index (κ2) is 13.0. The van der Waals surface area contributed by atoms with Crippen molar-refractivity contribution in [1.82, 2.24) is 14.9 Å². The Bertz CT molecular complexity index is 773. The molecule has 0 aromatic heterocycles.